The second kappa shape index (κ2) is 6.72. The van der Waals surface area contributed by atoms with Crippen molar-refractivity contribution < 1.29 is 4.42 Å². The molecule has 1 aromatic heterocycles. The third-order valence-corrected chi connectivity index (χ3v) is 4.77. The Hall–Kier alpha value is -0.870. The molecule has 20 heavy (non-hydrogen) atoms. The second-order valence-electron chi connectivity index (χ2n) is 6.17. The number of oxazole rings is 1. The maximum absolute atomic E-state index is 5.72. The van der Waals surface area contributed by atoms with Gasteiger partial charge in [0.15, 0.2) is 0 Å². The van der Waals surface area contributed by atoms with E-state index >= 15 is 0 Å². The van der Waals surface area contributed by atoms with Crippen LogP contribution in [0.15, 0.2) is 4.42 Å². The summed E-state index contributed by atoms with van der Waals surface area (Å²) in [7, 11) is 0. The van der Waals surface area contributed by atoms with E-state index in [1.807, 2.05) is 13.8 Å². The van der Waals surface area contributed by atoms with Gasteiger partial charge < -0.3 is 9.73 Å². The van der Waals surface area contributed by atoms with Crippen LogP contribution in [-0.4, -0.2) is 35.1 Å². The smallest absolute Gasteiger partial charge is 0.208 e. The van der Waals surface area contributed by atoms with Crippen molar-refractivity contribution in [3.05, 3.63) is 17.3 Å². The van der Waals surface area contributed by atoms with Gasteiger partial charge in [0.2, 0.25) is 5.89 Å². The summed E-state index contributed by atoms with van der Waals surface area (Å²) in [5, 5.41) is 3.68. The number of hydrogen-bond donors (Lipinski definition) is 1. The minimum atomic E-state index is 0.561. The number of nitrogens with one attached hydrogen (secondary N) is 1. The number of likely N-dealkylation sites (tertiary alicyclic amines) is 1. The van der Waals surface area contributed by atoms with Crippen LogP contribution in [0.2, 0.25) is 0 Å². The first-order valence-corrected chi connectivity index (χ1v) is 7.93. The Morgan fingerprint density at radius 1 is 1.35 bits per heavy atom. The van der Waals surface area contributed by atoms with Crippen LogP contribution in [-0.2, 0) is 6.54 Å². The molecule has 0 saturated carbocycles. The number of rotatable bonds is 5. The standard InChI is InChI=1S/C16H29N3O/c1-6-8-17-15-7-9-19(13(4)11(15)2)10-16-18-12(3)14(5)20-16/h11,13,15,17H,6-10H2,1-5H3. The molecule has 1 saturated heterocycles. The van der Waals surface area contributed by atoms with Gasteiger partial charge in [-0.05, 0) is 46.1 Å². The Labute approximate surface area is 122 Å². The van der Waals surface area contributed by atoms with Crippen LogP contribution < -0.4 is 5.32 Å². The zero-order chi connectivity index (χ0) is 14.7. The molecule has 0 spiro atoms. The Balaban J connectivity index is 1.94. The Bertz CT molecular complexity index is 410. The van der Waals surface area contributed by atoms with Crippen molar-refractivity contribution in [1.29, 1.82) is 0 Å². The van der Waals surface area contributed by atoms with Gasteiger partial charge in [0, 0.05) is 18.6 Å². The van der Waals surface area contributed by atoms with Gasteiger partial charge in [0.1, 0.15) is 5.76 Å². The summed E-state index contributed by atoms with van der Waals surface area (Å²) < 4.78 is 5.72. The van der Waals surface area contributed by atoms with Crippen LogP contribution in [0.3, 0.4) is 0 Å². The number of nitrogens with zero attached hydrogens (tertiary/aromatic N) is 2. The molecule has 1 N–H and O–H groups in total. The maximum atomic E-state index is 5.72. The molecule has 3 atom stereocenters. The van der Waals surface area contributed by atoms with Crippen LogP contribution >= 0.6 is 0 Å². The van der Waals surface area contributed by atoms with E-state index in [-0.39, 0.29) is 0 Å². The van der Waals surface area contributed by atoms with Gasteiger partial charge in [0.25, 0.3) is 0 Å². The average Bonchev–Trinajstić information content (AvgIpc) is 2.73. The Kier molecular flexibility index (Phi) is 5.22. The molecule has 1 fully saturated rings. The van der Waals surface area contributed by atoms with Gasteiger partial charge >= 0.3 is 0 Å². The molecular weight excluding hydrogens is 250 g/mol. The Morgan fingerprint density at radius 3 is 2.70 bits per heavy atom. The highest BCUT2D eigenvalue weighted by Gasteiger charge is 2.32. The van der Waals surface area contributed by atoms with Crippen LogP contribution in [0, 0.1) is 19.8 Å². The predicted molar refractivity (Wildman–Crippen MR) is 81.7 cm³/mol. The average molecular weight is 279 g/mol. The fourth-order valence-corrected chi connectivity index (χ4v) is 3.06. The molecule has 0 aliphatic carbocycles. The molecule has 3 unspecified atom stereocenters. The summed E-state index contributed by atoms with van der Waals surface area (Å²) in [5.41, 5.74) is 1.01. The zero-order valence-electron chi connectivity index (χ0n) is 13.6. The van der Waals surface area contributed by atoms with Crippen molar-refractivity contribution >= 4 is 0 Å². The summed E-state index contributed by atoms with van der Waals surface area (Å²) in [4.78, 5) is 7.01. The van der Waals surface area contributed by atoms with Gasteiger partial charge in [-0.15, -0.1) is 0 Å². The van der Waals surface area contributed by atoms with E-state index in [0.717, 1.165) is 37.0 Å². The quantitative estimate of drug-likeness (QED) is 0.900. The first kappa shape index (κ1) is 15.5. The van der Waals surface area contributed by atoms with Crippen LogP contribution in [0.4, 0.5) is 0 Å². The van der Waals surface area contributed by atoms with Crippen molar-refractivity contribution in [2.75, 3.05) is 13.1 Å². The van der Waals surface area contributed by atoms with E-state index in [1.165, 1.54) is 12.8 Å². The molecule has 1 aliphatic rings. The summed E-state index contributed by atoms with van der Waals surface area (Å²) in [6.45, 7) is 14.0. The first-order valence-electron chi connectivity index (χ1n) is 7.93. The zero-order valence-corrected chi connectivity index (χ0v) is 13.6. The number of piperidine rings is 1. The molecule has 4 nitrogen and oxygen atoms in total. The van der Waals surface area contributed by atoms with E-state index in [4.69, 9.17) is 4.42 Å². The lowest BCUT2D eigenvalue weighted by molar-refractivity contribution is 0.0707. The van der Waals surface area contributed by atoms with Crippen molar-refractivity contribution in [3.8, 4) is 0 Å². The number of hydrogen-bond acceptors (Lipinski definition) is 4. The van der Waals surface area contributed by atoms with Crippen molar-refractivity contribution in [3.63, 3.8) is 0 Å². The van der Waals surface area contributed by atoms with Crippen LogP contribution in [0.25, 0.3) is 0 Å². The summed E-state index contributed by atoms with van der Waals surface area (Å²) in [6, 6.07) is 1.21. The topological polar surface area (TPSA) is 41.3 Å². The monoisotopic (exact) mass is 279 g/mol. The van der Waals surface area contributed by atoms with Gasteiger partial charge in [0.05, 0.1) is 12.2 Å². The van der Waals surface area contributed by atoms with Crippen LogP contribution in [0.1, 0.15) is 51.0 Å². The van der Waals surface area contributed by atoms with E-state index in [9.17, 15) is 0 Å². The van der Waals surface area contributed by atoms with E-state index in [0.29, 0.717) is 18.0 Å². The number of aryl methyl sites for hydroxylation is 2. The van der Waals surface area contributed by atoms with E-state index < -0.39 is 0 Å². The molecule has 0 aromatic carbocycles. The second-order valence-corrected chi connectivity index (χ2v) is 6.17. The number of aromatic nitrogens is 1. The lowest BCUT2D eigenvalue weighted by atomic mass is 9.87. The first-order chi connectivity index (χ1) is 9.52. The summed E-state index contributed by atoms with van der Waals surface area (Å²) in [6.07, 6.45) is 2.42. The molecule has 2 rings (SSSR count). The van der Waals surface area contributed by atoms with Crippen molar-refractivity contribution in [2.45, 2.75) is 66.1 Å². The molecule has 4 heteroatoms. The van der Waals surface area contributed by atoms with E-state index in [2.05, 4.69) is 36.0 Å². The lowest BCUT2D eigenvalue weighted by Gasteiger charge is -2.42. The minimum absolute atomic E-state index is 0.561. The van der Waals surface area contributed by atoms with Crippen LogP contribution in [0.5, 0.6) is 0 Å². The highest BCUT2D eigenvalue weighted by Crippen LogP contribution is 2.25. The maximum Gasteiger partial charge on any atom is 0.208 e. The molecule has 0 bridgehead atoms. The van der Waals surface area contributed by atoms with E-state index in [1.54, 1.807) is 0 Å². The predicted octanol–water partition coefficient (Wildman–Crippen LogP) is 2.89. The fourth-order valence-electron chi connectivity index (χ4n) is 3.06. The molecule has 0 amide bonds. The van der Waals surface area contributed by atoms with Gasteiger partial charge in [-0.3, -0.25) is 4.90 Å². The SMILES string of the molecule is CCCNC1CCN(Cc2nc(C)c(C)o2)C(C)C1C. The summed E-state index contributed by atoms with van der Waals surface area (Å²) in [5.74, 6) is 2.46. The van der Waals surface area contributed by atoms with Gasteiger partial charge in [-0.2, -0.15) is 0 Å². The molecule has 0 radical (unpaired) electrons. The molecule has 1 aromatic rings. The van der Waals surface area contributed by atoms with Crippen molar-refractivity contribution in [1.82, 2.24) is 15.2 Å². The third kappa shape index (κ3) is 3.41. The highest BCUT2D eigenvalue weighted by molar-refractivity contribution is 5.05. The lowest BCUT2D eigenvalue weighted by Crippen LogP contribution is -2.53. The third-order valence-electron chi connectivity index (χ3n) is 4.77. The minimum Gasteiger partial charge on any atom is -0.444 e. The highest BCUT2D eigenvalue weighted by atomic mass is 16.4. The Morgan fingerprint density at radius 2 is 2.10 bits per heavy atom. The van der Waals surface area contributed by atoms with Gasteiger partial charge in [-0.25, -0.2) is 4.98 Å². The molecular formula is C16H29N3O. The summed E-state index contributed by atoms with van der Waals surface area (Å²) >= 11 is 0. The van der Waals surface area contributed by atoms with Crippen molar-refractivity contribution in [2.24, 2.45) is 5.92 Å². The largest absolute Gasteiger partial charge is 0.444 e. The molecule has 2 heterocycles. The molecule has 114 valence electrons. The normalized spacial score (nSPS) is 27.9. The van der Waals surface area contributed by atoms with Gasteiger partial charge in [-0.1, -0.05) is 13.8 Å². The fraction of sp³-hybridized carbons (Fsp3) is 0.812. The molecule has 1 aliphatic heterocycles.